The number of likely N-dealkylation sites (tertiary alicyclic amines) is 1. The van der Waals surface area contributed by atoms with E-state index in [9.17, 15) is 13.2 Å². The summed E-state index contributed by atoms with van der Waals surface area (Å²) < 4.78 is 35.8. The van der Waals surface area contributed by atoms with Crippen molar-refractivity contribution in [3.05, 3.63) is 72.3 Å². The minimum absolute atomic E-state index is 0.0240. The highest BCUT2D eigenvalue weighted by Gasteiger charge is 2.25. The zero-order valence-electron chi connectivity index (χ0n) is 17.2. The average Bonchev–Trinajstić information content (AvgIpc) is 3.51. The summed E-state index contributed by atoms with van der Waals surface area (Å²) in [4.78, 5) is 18.7. The van der Waals surface area contributed by atoms with Gasteiger partial charge in [-0.15, -0.1) is 0 Å². The van der Waals surface area contributed by atoms with Crippen molar-refractivity contribution >= 4 is 15.9 Å². The van der Waals surface area contributed by atoms with Crippen LogP contribution in [-0.2, 0) is 16.6 Å². The molecule has 4 rings (SSSR count). The number of sulfonamides is 1. The molecule has 0 radical (unpaired) electrons. The van der Waals surface area contributed by atoms with Gasteiger partial charge >= 0.3 is 0 Å². The van der Waals surface area contributed by atoms with E-state index in [-0.39, 0.29) is 22.9 Å². The van der Waals surface area contributed by atoms with Crippen molar-refractivity contribution in [1.29, 1.82) is 0 Å². The summed E-state index contributed by atoms with van der Waals surface area (Å²) in [5.74, 6) is 0.151. The molecule has 0 bridgehead atoms. The van der Waals surface area contributed by atoms with E-state index < -0.39 is 10.0 Å². The summed E-state index contributed by atoms with van der Waals surface area (Å²) >= 11 is 0. The first-order chi connectivity index (χ1) is 15.0. The number of hydrogen-bond acceptors (Lipinski definition) is 5. The predicted molar refractivity (Wildman–Crippen MR) is 116 cm³/mol. The van der Waals surface area contributed by atoms with Crippen LogP contribution >= 0.6 is 0 Å². The number of methoxy groups -OCH3 is 1. The molecule has 8 nitrogen and oxygen atoms in total. The van der Waals surface area contributed by atoms with Crippen LogP contribution < -0.4 is 9.46 Å². The monoisotopic (exact) mass is 440 g/mol. The normalized spacial score (nSPS) is 14.0. The van der Waals surface area contributed by atoms with E-state index in [0.29, 0.717) is 18.8 Å². The quantitative estimate of drug-likeness (QED) is 0.610. The molecular weight excluding hydrogens is 416 g/mol. The first-order valence-corrected chi connectivity index (χ1v) is 11.5. The second kappa shape index (κ2) is 8.91. The van der Waals surface area contributed by atoms with Crippen LogP contribution in [0, 0.1) is 0 Å². The number of carbonyl (C=O) groups is 1. The Morgan fingerprint density at radius 1 is 1.16 bits per heavy atom. The van der Waals surface area contributed by atoms with Crippen LogP contribution in [-0.4, -0.2) is 49.0 Å². The molecule has 0 saturated carbocycles. The molecule has 1 aliphatic heterocycles. The Morgan fingerprint density at radius 2 is 1.94 bits per heavy atom. The lowest BCUT2D eigenvalue weighted by Crippen LogP contribution is -2.29. The molecule has 1 amide bonds. The van der Waals surface area contributed by atoms with Gasteiger partial charge in [0.05, 0.1) is 29.6 Å². The fourth-order valence-corrected chi connectivity index (χ4v) is 4.71. The van der Waals surface area contributed by atoms with Gasteiger partial charge in [0, 0.05) is 32.0 Å². The van der Waals surface area contributed by atoms with Crippen LogP contribution in [0.2, 0.25) is 0 Å². The van der Waals surface area contributed by atoms with Crippen molar-refractivity contribution in [2.45, 2.75) is 24.3 Å². The average molecular weight is 441 g/mol. The number of nitrogens with one attached hydrogen (secondary N) is 1. The number of rotatable bonds is 7. The van der Waals surface area contributed by atoms with Crippen molar-refractivity contribution in [3.8, 4) is 11.4 Å². The van der Waals surface area contributed by atoms with Crippen LogP contribution in [0.3, 0.4) is 0 Å². The van der Waals surface area contributed by atoms with Crippen molar-refractivity contribution in [2.24, 2.45) is 0 Å². The van der Waals surface area contributed by atoms with Gasteiger partial charge in [0.2, 0.25) is 10.0 Å². The third-order valence-corrected chi connectivity index (χ3v) is 6.73. The Hall–Kier alpha value is -3.17. The summed E-state index contributed by atoms with van der Waals surface area (Å²) in [7, 11) is -2.38. The maximum Gasteiger partial charge on any atom is 0.257 e. The highest BCUT2D eigenvalue weighted by atomic mass is 32.2. The molecule has 0 spiro atoms. The van der Waals surface area contributed by atoms with E-state index in [4.69, 9.17) is 4.74 Å². The van der Waals surface area contributed by atoms with Gasteiger partial charge in [-0.3, -0.25) is 4.79 Å². The van der Waals surface area contributed by atoms with Crippen molar-refractivity contribution < 1.29 is 17.9 Å². The Kier molecular flexibility index (Phi) is 6.06. The summed E-state index contributed by atoms with van der Waals surface area (Å²) in [6.07, 6.45) is 7.02. The van der Waals surface area contributed by atoms with Gasteiger partial charge in [0.25, 0.3) is 5.91 Å². The lowest BCUT2D eigenvalue weighted by molar-refractivity contribution is 0.0789. The number of aromatic nitrogens is 2. The van der Waals surface area contributed by atoms with E-state index in [1.807, 2.05) is 28.8 Å². The molecule has 0 aliphatic carbocycles. The highest BCUT2D eigenvalue weighted by molar-refractivity contribution is 7.89. The van der Waals surface area contributed by atoms with Gasteiger partial charge in [-0.2, -0.15) is 0 Å². The molecule has 31 heavy (non-hydrogen) atoms. The molecule has 0 atom stereocenters. The second-order valence-electron chi connectivity index (χ2n) is 7.28. The number of hydrogen-bond donors (Lipinski definition) is 1. The fourth-order valence-electron chi connectivity index (χ4n) is 3.68. The third-order valence-electron chi connectivity index (χ3n) is 5.33. The molecule has 1 saturated heterocycles. The van der Waals surface area contributed by atoms with Gasteiger partial charge in [-0.05, 0) is 42.7 Å². The Balaban J connectivity index is 1.58. The highest BCUT2D eigenvalue weighted by Crippen LogP contribution is 2.26. The van der Waals surface area contributed by atoms with Gasteiger partial charge in [-0.25, -0.2) is 18.1 Å². The van der Waals surface area contributed by atoms with Crippen LogP contribution in [0.25, 0.3) is 5.69 Å². The predicted octanol–water partition coefficient (Wildman–Crippen LogP) is 2.60. The molecule has 162 valence electrons. The van der Waals surface area contributed by atoms with Crippen molar-refractivity contribution in [3.63, 3.8) is 0 Å². The minimum Gasteiger partial charge on any atom is -0.496 e. The zero-order chi connectivity index (χ0) is 21.8. The van der Waals surface area contributed by atoms with Crippen molar-refractivity contribution in [2.75, 3.05) is 20.2 Å². The maximum absolute atomic E-state index is 13.0. The van der Waals surface area contributed by atoms with E-state index >= 15 is 0 Å². The number of amides is 1. The third kappa shape index (κ3) is 4.47. The summed E-state index contributed by atoms with van der Waals surface area (Å²) in [6.45, 7) is 1.43. The van der Waals surface area contributed by atoms with Gasteiger partial charge in [0.15, 0.2) is 0 Å². The number of para-hydroxylation sites is 1. The van der Waals surface area contributed by atoms with Gasteiger partial charge < -0.3 is 14.2 Å². The molecular formula is C22H24N4O4S. The first-order valence-electron chi connectivity index (χ1n) is 10.0. The van der Waals surface area contributed by atoms with E-state index in [1.54, 1.807) is 23.6 Å². The van der Waals surface area contributed by atoms with E-state index in [2.05, 4.69) is 9.71 Å². The molecule has 1 aliphatic rings. The number of benzene rings is 2. The van der Waals surface area contributed by atoms with Crippen molar-refractivity contribution in [1.82, 2.24) is 19.2 Å². The molecule has 9 heteroatoms. The Bertz CT molecular complexity index is 1170. The summed E-state index contributed by atoms with van der Waals surface area (Å²) in [6, 6.07) is 11.8. The molecule has 3 aromatic rings. The molecule has 2 heterocycles. The summed E-state index contributed by atoms with van der Waals surface area (Å²) in [5, 5.41) is 0. The lowest BCUT2D eigenvalue weighted by Gasteiger charge is -2.18. The lowest BCUT2D eigenvalue weighted by atomic mass is 10.1. The largest absolute Gasteiger partial charge is 0.496 e. The maximum atomic E-state index is 13.0. The number of carbonyl (C=O) groups excluding carboxylic acids is 1. The topological polar surface area (TPSA) is 93.5 Å². The SMILES string of the molecule is COc1ccc(S(=O)(=O)NCc2ccccc2-n2ccnc2)cc1C(=O)N1CCCC1. The zero-order valence-corrected chi connectivity index (χ0v) is 18.0. The van der Waals surface area contributed by atoms with E-state index in [1.165, 1.54) is 25.3 Å². The molecule has 0 unspecified atom stereocenters. The standard InChI is InChI=1S/C22H24N4O4S/c1-30-21-9-8-18(14-19(21)22(27)25-11-4-5-12-25)31(28,29)24-15-17-6-2-3-7-20(17)26-13-10-23-16-26/h2-3,6-10,13-14,16,24H,4-5,11-12,15H2,1H3. The van der Waals surface area contributed by atoms with Crippen LogP contribution in [0.1, 0.15) is 28.8 Å². The molecule has 1 aromatic heterocycles. The smallest absolute Gasteiger partial charge is 0.257 e. The Morgan fingerprint density at radius 3 is 2.65 bits per heavy atom. The van der Waals surface area contributed by atoms with Crippen LogP contribution in [0.15, 0.2) is 66.1 Å². The van der Waals surface area contributed by atoms with Gasteiger partial charge in [0.1, 0.15) is 5.75 Å². The Labute approximate surface area is 181 Å². The second-order valence-corrected chi connectivity index (χ2v) is 9.05. The number of imidazole rings is 1. The molecule has 2 aromatic carbocycles. The van der Waals surface area contributed by atoms with Crippen LogP contribution in [0.4, 0.5) is 0 Å². The molecule has 1 N–H and O–H groups in total. The number of ether oxygens (including phenoxy) is 1. The fraction of sp³-hybridized carbons (Fsp3) is 0.273. The van der Waals surface area contributed by atoms with Gasteiger partial charge in [-0.1, -0.05) is 18.2 Å². The first kappa shape index (κ1) is 21.1. The minimum atomic E-state index is -3.85. The summed E-state index contributed by atoms with van der Waals surface area (Å²) in [5.41, 5.74) is 1.89. The molecule has 1 fully saturated rings. The van der Waals surface area contributed by atoms with E-state index in [0.717, 1.165) is 24.1 Å². The van der Waals surface area contributed by atoms with Crippen LogP contribution in [0.5, 0.6) is 5.75 Å². The number of nitrogens with zero attached hydrogens (tertiary/aromatic N) is 3.